The van der Waals surface area contributed by atoms with Gasteiger partial charge in [-0.15, -0.1) is 0 Å². The summed E-state index contributed by atoms with van der Waals surface area (Å²) in [7, 11) is 1.70. The summed E-state index contributed by atoms with van der Waals surface area (Å²) in [5, 5.41) is 4.14. The number of aliphatic imine (C=N–C) groups is 1. The second kappa shape index (κ2) is 6.86. The number of hydrogen-bond donors (Lipinski definition) is 1. The summed E-state index contributed by atoms with van der Waals surface area (Å²) in [6.07, 6.45) is 3.04. The van der Waals surface area contributed by atoms with E-state index in [1.807, 2.05) is 24.0 Å². The number of nitrogens with zero attached hydrogens (tertiary/aromatic N) is 4. The predicted octanol–water partition coefficient (Wildman–Crippen LogP) is 2.89. The monoisotopic (exact) mass is 325 g/mol. The minimum atomic E-state index is 0.205. The molecule has 3 rings (SSSR count). The van der Waals surface area contributed by atoms with Crippen LogP contribution >= 0.6 is 0 Å². The molecule has 0 saturated carbocycles. The molecule has 0 bridgehead atoms. The zero-order valence-electron chi connectivity index (χ0n) is 14.4. The maximum absolute atomic E-state index is 5.87. The first kappa shape index (κ1) is 16.2. The lowest BCUT2D eigenvalue weighted by Gasteiger charge is -2.15. The molecule has 1 atom stereocenters. The van der Waals surface area contributed by atoms with Gasteiger partial charge in [-0.2, -0.15) is 4.98 Å². The third kappa shape index (κ3) is 3.18. The first-order valence-corrected chi connectivity index (χ1v) is 8.17. The maximum Gasteiger partial charge on any atom is 0.231 e. The van der Waals surface area contributed by atoms with E-state index in [-0.39, 0.29) is 5.92 Å². The van der Waals surface area contributed by atoms with Crippen LogP contribution in [0.1, 0.15) is 37.6 Å². The first-order valence-electron chi connectivity index (χ1n) is 8.17. The fourth-order valence-electron chi connectivity index (χ4n) is 2.88. The zero-order chi connectivity index (χ0) is 17.1. The molecule has 24 heavy (non-hydrogen) atoms. The summed E-state index contributed by atoms with van der Waals surface area (Å²) in [5.74, 6) is 2.07. The smallest absolute Gasteiger partial charge is 0.231 e. The van der Waals surface area contributed by atoms with Gasteiger partial charge in [0, 0.05) is 25.7 Å². The van der Waals surface area contributed by atoms with E-state index in [0.717, 1.165) is 25.1 Å². The molecular formula is C18H23N5O. The minimum absolute atomic E-state index is 0.205. The Kier molecular flexibility index (Phi) is 4.64. The summed E-state index contributed by atoms with van der Waals surface area (Å²) in [6, 6.07) is 8.21. The SMILES string of the molecule is C/C=C(\C)c1ccc(-c2noc(C3CCN(C(N)=NC)C3)n2)cc1. The molecule has 1 unspecified atom stereocenters. The molecule has 0 aliphatic carbocycles. The molecule has 1 aliphatic heterocycles. The van der Waals surface area contributed by atoms with Gasteiger partial charge >= 0.3 is 0 Å². The van der Waals surface area contributed by atoms with Gasteiger partial charge in [0.05, 0.1) is 5.92 Å². The number of hydrogen-bond acceptors (Lipinski definition) is 4. The highest BCUT2D eigenvalue weighted by atomic mass is 16.5. The fourth-order valence-corrected chi connectivity index (χ4v) is 2.88. The molecule has 1 aromatic carbocycles. The number of rotatable bonds is 3. The van der Waals surface area contributed by atoms with Crippen molar-refractivity contribution in [2.24, 2.45) is 10.7 Å². The van der Waals surface area contributed by atoms with Gasteiger partial charge in [0.15, 0.2) is 5.96 Å². The molecule has 0 radical (unpaired) electrons. The quantitative estimate of drug-likeness (QED) is 0.693. The predicted molar refractivity (Wildman–Crippen MR) is 95.5 cm³/mol. The standard InChI is InChI=1S/C18H23N5O/c1-4-12(2)13-5-7-14(8-6-13)16-21-17(24-22-16)15-9-10-23(11-15)18(19)20-3/h4-8,15H,9-11H2,1-3H3,(H2,19,20)/b12-4+. The second-order valence-electron chi connectivity index (χ2n) is 6.02. The van der Waals surface area contributed by atoms with Crippen LogP contribution in [0, 0.1) is 0 Å². The Morgan fingerprint density at radius 1 is 1.38 bits per heavy atom. The van der Waals surface area contributed by atoms with Crippen LogP contribution in [0.2, 0.25) is 0 Å². The van der Waals surface area contributed by atoms with E-state index in [4.69, 9.17) is 10.3 Å². The molecule has 126 valence electrons. The molecule has 6 nitrogen and oxygen atoms in total. The fraction of sp³-hybridized carbons (Fsp3) is 0.389. The molecule has 2 N–H and O–H groups in total. The summed E-state index contributed by atoms with van der Waals surface area (Å²) >= 11 is 0. The van der Waals surface area contributed by atoms with Crippen LogP contribution in [-0.4, -0.2) is 41.1 Å². The topological polar surface area (TPSA) is 80.5 Å². The molecule has 0 amide bonds. The largest absolute Gasteiger partial charge is 0.370 e. The molecular weight excluding hydrogens is 302 g/mol. The van der Waals surface area contributed by atoms with Crippen LogP contribution in [0.15, 0.2) is 39.9 Å². The van der Waals surface area contributed by atoms with Crippen molar-refractivity contribution in [3.05, 3.63) is 41.8 Å². The molecule has 2 heterocycles. The van der Waals surface area contributed by atoms with Crippen molar-refractivity contribution in [3.63, 3.8) is 0 Å². The molecule has 1 fully saturated rings. The van der Waals surface area contributed by atoms with Crippen LogP contribution < -0.4 is 5.73 Å². The van der Waals surface area contributed by atoms with E-state index < -0.39 is 0 Å². The Labute approximate surface area is 142 Å². The highest BCUT2D eigenvalue weighted by molar-refractivity contribution is 5.78. The summed E-state index contributed by atoms with van der Waals surface area (Å²) < 4.78 is 5.48. The summed E-state index contributed by atoms with van der Waals surface area (Å²) in [5.41, 5.74) is 9.28. The maximum atomic E-state index is 5.87. The van der Waals surface area contributed by atoms with E-state index in [1.54, 1.807) is 7.05 Å². The normalized spacial score (nSPS) is 19.1. The lowest BCUT2D eigenvalue weighted by Crippen LogP contribution is -2.35. The molecule has 0 spiro atoms. The molecule has 1 saturated heterocycles. The van der Waals surface area contributed by atoms with Gasteiger partial charge in [-0.3, -0.25) is 4.99 Å². The van der Waals surface area contributed by atoms with Crippen molar-refractivity contribution >= 4 is 11.5 Å². The Bertz CT molecular complexity index is 760. The molecule has 1 aromatic heterocycles. The summed E-state index contributed by atoms with van der Waals surface area (Å²) in [6.45, 7) is 5.77. The number of guanidine groups is 1. The van der Waals surface area contributed by atoms with E-state index in [2.05, 4.69) is 40.3 Å². The van der Waals surface area contributed by atoms with E-state index >= 15 is 0 Å². The van der Waals surface area contributed by atoms with Crippen LogP contribution in [0.3, 0.4) is 0 Å². The van der Waals surface area contributed by atoms with Crippen molar-refractivity contribution in [2.75, 3.05) is 20.1 Å². The van der Waals surface area contributed by atoms with Crippen molar-refractivity contribution < 1.29 is 4.52 Å². The third-order valence-corrected chi connectivity index (χ3v) is 4.56. The van der Waals surface area contributed by atoms with Gasteiger partial charge in [0.2, 0.25) is 11.7 Å². The van der Waals surface area contributed by atoms with Gasteiger partial charge < -0.3 is 15.2 Å². The molecule has 6 heteroatoms. The van der Waals surface area contributed by atoms with Crippen molar-refractivity contribution in [3.8, 4) is 11.4 Å². The molecule has 2 aromatic rings. The van der Waals surface area contributed by atoms with Gasteiger partial charge in [-0.1, -0.05) is 35.5 Å². The zero-order valence-corrected chi connectivity index (χ0v) is 14.4. The molecule has 1 aliphatic rings. The Balaban J connectivity index is 1.74. The third-order valence-electron chi connectivity index (χ3n) is 4.56. The number of benzene rings is 1. The van der Waals surface area contributed by atoms with Crippen molar-refractivity contribution in [1.82, 2.24) is 15.0 Å². The minimum Gasteiger partial charge on any atom is -0.370 e. The number of likely N-dealkylation sites (tertiary alicyclic amines) is 1. The number of nitrogens with two attached hydrogens (primary N) is 1. The highest BCUT2D eigenvalue weighted by Crippen LogP contribution is 2.28. The van der Waals surface area contributed by atoms with E-state index in [1.165, 1.54) is 11.1 Å². The Hall–Kier alpha value is -2.63. The van der Waals surface area contributed by atoms with E-state index in [9.17, 15) is 0 Å². The summed E-state index contributed by atoms with van der Waals surface area (Å²) in [4.78, 5) is 10.7. The van der Waals surface area contributed by atoms with Gasteiger partial charge in [-0.25, -0.2) is 0 Å². The van der Waals surface area contributed by atoms with Gasteiger partial charge in [0.1, 0.15) is 0 Å². The van der Waals surface area contributed by atoms with Crippen LogP contribution in [0.4, 0.5) is 0 Å². The lowest BCUT2D eigenvalue weighted by molar-refractivity contribution is 0.354. The first-order chi connectivity index (χ1) is 11.6. The second-order valence-corrected chi connectivity index (χ2v) is 6.02. The average Bonchev–Trinajstić information content (AvgIpc) is 3.29. The van der Waals surface area contributed by atoms with Crippen molar-refractivity contribution in [1.29, 1.82) is 0 Å². The lowest BCUT2D eigenvalue weighted by atomic mass is 10.1. The Morgan fingerprint density at radius 3 is 2.79 bits per heavy atom. The van der Waals surface area contributed by atoms with Crippen LogP contribution in [0.25, 0.3) is 17.0 Å². The number of allylic oxidation sites excluding steroid dienone is 2. The van der Waals surface area contributed by atoms with Gasteiger partial charge in [-0.05, 0) is 31.4 Å². The van der Waals surface area contributed by atoms with Crippen molar-refractivity contribution in [2.45, 2.75) is 26.2 Å². The van der Waals surface area contributed by atoms with Gasteiger partial charge in [0.25, 0.3) is 0 Å². The van der Waals surface area contributed by atoms with Crippen LogP contribution in [0.5, 0.6) is 0 Å². The van der Waals surface area contributed by atoms with E-state index in [0.29, 0.717) is 17.7 Å². The highest BCUT2D eigenvalue weighted by Gasteiger charge is 2.29. The average molecular weight is 325 g/mol. The number of aromatic nitrogens is 2. The van der Waals surface area contributed by atoms with Crippen LogP contribution in [-0.2, 0) is 0 Å². The Morgan fingerprint density at radius 2 is 2.12 bits per heavy atom.